The van der Waals surface area contributed by atoms with Crippen LogP contribution in [0.1, 0.15) is 11.2 Å². The minimum atomic E-state index is -2.25. The van der Waals surface area contributed by atoms with Gasteiger partial charge in [0.2, 0.25) is 0 Å². The maximum absolute atomic E-state index is 10.5. The zero-order chi connectivity index (χ0) is 19.2. The second kappa shape index (κ2) is 9.66. The van der Waals surface area contributed by atoms with E-state index in [-0.39, 0.29) is 22.6 Å². The third-order valence-corrected chi connectivity index (χ3v) is 9.64. The standard InChI is InChI=1S/C26H21NP.BrH/c27-21-26(22-13-5-1-6-14-22)28(23-15-7-2-8-16-23,24-17-9-3-10-18-24)25-19-11-4-12-20-25;/h1-20,26H;1H/q+1;/p-1. The summed E-state index contributed by atoms with van der Waals surface area (Å²) < 4.78 is 0. The predicted octanol–water partition coefficient (Wildman–Crippen LogP) is 2.25. The zero-order valence-corrected chi connectivity index (χ0v) is 18.4. The minimum Gasteiger partial charge on any atom is -1.00 e. The highest BCUT2D eigenvalue weighted by molar-refractivity contribution is 7.96. The first kappa shape index (κ1) is 21.0. The summed E-state index contributed by atoms with van der Waals surface area (Å²) in [6.07, 6.45) is 0. The third kappa shape index (κ3) is 3.90. The largest absolute Gasteiger partial charge is 1.00 e. The van der Waals surface area contributed by atoms with E-state index in [1.807, 2.05) is 36.4 Å². The Morgan fingerprint density at radius 3 is 1.14 bits per heavy atom. The second-order valence-electron chi connectivity index (χ2n) is 6.67. The smallest absolute Gasteiger partial charge is 0.193 e. The van der Waals surface area contributed by atoms with Gasteiger partial charge in [-0.05, 0) is 36.4 Å². The second-order valence-corrected chi connectivity index (χ2v) is 10.2. The van der Waals surface area contributed by atoms with Crippen LogP contribution < -0.4 is 32.9 Å². The Labute approximate surface area is 183 Å². The van der Waals surface area contributed by atoms with Gasteiger partial charge >= 0.3 is 0 Å². The molecule has 142 valence electrons. The van der Waals surface area contributed by atoms with Crippen LogP contribution in [0, 0.1) is 11.3 Å². The topological polar surface area (TPSA) is 23.8 Å². The Hall–Kier alpha value is -2.72. The molecule has 0 N–H and O–H groups in total. The first-order valence-corrected chi connectivity index (χ1v) is 11.2. The van der Waals surface area contributed by atoms with Gasteiger partial charge in [0.15, 0.2) is 5.66 Å². The summed E-state index contributed by atoms with van der Waals surface area (Å²) >= 11 is 0. The number of hydrogen-bond acceptors (Lipinski definition) is 1. The SMILES string of the molecule is N#CC(c1ccccc1)[P+](c1ccccc1)(c1ccccc1)c1ccccc1.[Br-]. The maximum Gasteiger partial charge on any atom is 0.193 e. The Morgan fingerprint density at radius 1 is 0.517 bits per heavy atom. The van der Waals surface area contributed by atoms with Crippen LogP contribution in [-0.2, 0) is 0 Å². The fraction of sp³-hybridized carbons (Fsp3) is 0.0385. The first-order chi connectivity index (χ1) is 13.9. The van der Waals surface area contributed by atoms with Crippen LogP contribution in [0.2, 0.25) is 0 Å². The van der Waals surface area contributed by atoms with Crippen molar-refractivity contribution in [3.05, 3.63) is 127 Å². The minimum absolute atomic E-state index is 0. The molecule has 0 radical (unpaired) electrons. The summed E-state index contributed by atoms with van der Waals surface area (Å²) in [6.45, 7) is 0. The van der Waals surface area contributed by atoms with Gasteiger partial charge in [-0.15, -0.1) is 0 Å². The van der Waals surface area contributed by atoms with Crippen LogP contribution in [0.4, 0.5) is 0 Å². The van der Waals surface area contributed by atoms with Crippen molar-refractivity contribution >= 4 is 23.2 Å². The average Bonchev–Trinajstić information content (AvgIpc) is 2.80. The molecule has 0 bridgehead atoms. The van der Waals surface area contributed by atoms with Crippen molar-refractivity contribution in [3.63, 3.8) is 0 Å². The Morgan fingerprint density at radius 2 is 0.828 bits per heavy atom. The molecule has 0 fully saturated rings. The van der Waals surface area contributed by atoms with Crippen molar-refractivity contribution in [2.45, 2.75) is 5.66 Å². The van der Waals surface area contributed by atoms with Gasteiger partial charge in [-0.2, -0.15) is 5.26 Å². The average molecular weight is 458 g/mol. The number of halogens is 1. The van der Waals surface area contributed by atoms with Gasteiger partial charge in [-0.3, -0.25) is 0 Å². The lowest BCUT2D eigenvalue weighted by atomic mass is 10.2. The quantitative estimate of drug-likeness (QED) is 0.421. The Kier molecular flexibility index (Phi) is 6.99. The van der Waals surface area contributed by atoms with Gasteiger partial charge in [0.25, 0.3) is 0 Å². The number of nitriles is 1. The molecule has 0 saturated carbocycles. The van der Waals surface area contributed by atoms with Crippen LogP contribution >= 0.6 is 7.26 Å². The van der Waals surface area contributed by atoms with Crippen molar-refractivity contribution in [1.82, 2.24) is 0 Å². The van der Waals surface area contributed by atoms with Crippen molar-refractivity contribution in [2.24, 2.45) is 0 Å². The van der Waals surface area contributed by atoms with E-state index in [1.165, 1.54) is 15.9 Å². The molecule has 0 amide bonds. The number of benzene rings is 4. The van der Waals surface area contributed by atoms with Gasteiger partial charge in [-0.25, -0.2) is 0 Å². The molecule has 0 aromatic heterocycles. The van der Waals surface area contributed by atoms with Crippen molar-refractivity contribution < 1.29 is 17.0 Å². The van der Waals surface area contributed by atoms with E-state index in [9.17, 15) is 5.26 Å². The van der Waals surface area contributed by atoms with Crippen LogP contribution in [0.15, 0.2) is 121 Å². The molecule has 1 atom stereocenters. The van der Waals surface area contributed by atoms with E-state index in [4.69, 9.17) is 0 Å². The van der Waals surface area contributed by atoms with E-state index >= 15 is 0 Å². The molecule has 1 unspecified atom stereocenters. The lowest BCUT2D eigenvalue weighted by molar-refractivity contribution is -0.00000562. The summed E-state index contributed by atoms with van der Waals surface area (Å²) in [4.78, 5) is 0. The van der Waals surface area contributed by atoms with Gasteiger partial charge < -0.3 is 17.0 Å². The molecule has 0 saturated heterocycles. The van der Waals surface area contributed by atoms with Crippen molar-refractivity contribution in [3.8, 4) is 6.07 Å². The molecule has 0 spiro atoms. The molecule has 4 aromatic carbocycles. The Bertz CT molecular complexity index is 965. The van der Waals surface area contributed by atoms with Crippen LogP contribution in [0.5, 0.6) is 0 Å². The molecule has 0 heterocycles. The summed E-state index contributed by atoms with van der Waals surface area (Å²) in [5.74, 6) is 0. The summed E-state index contributed by atoms with van der Waals surface area (Å²) in [7, 11) is -2.25. The highest BCUT2D eigenvalue weighted by atomic mass is 79.9. The fourth-order valence-electron chi connectivity index (χ4n) is 3.90. The molecule has 1 nitrogen and oxygen atoms in total. The van der Waals surface area contributed by atoms with E-state index in [0.717, 1.165) is 5.56 Å². The van der Waals surface area contributed by atoms with Gasteiger partial charge in [0.1, 0.15) is 29.2 Å². The predicted molar refractivity (Wildman–Crippen MR) is 120 cm³/mol. The molecular formula is C26H21BrNP. The Balaban J connectivity index is 0.00000240. The molecule has 0 aliphatic rings. The lowest BCUT2D eigenvalue weighted by Crippen LogP contribution is -3.00. The maximum atomic E-state index is 10.5. The summed E-state index contributed by atoms with van der Waals surface area (Å²) in [6, 6.07) is 44.6. The molecule has 4 rings (SSSR count). The van der Waals surface area contributed by atoms with E-state index in [1.54, 1.807) is 0 Å². The summed E-state index contributed by atoms with van der Waals surface area (Å²) in [5.41, 5.74) is 0.802. The number of nitrogens with zero attached hydrogens (tertiary/aromatic N) is 1. The van der Waals surface area contributed by atoms with Crippen LogP contribution in [0.3, 0.4) is 0 Å². The van der Waals surface area contributed by atoms with Crippen molar-refractivity contribution in [2.75, 3.05) is 0 Å². The molecule has 0 aliphatic carbocycles. The van der Waals surface area contributed by atoms with E-state index in [0.29, 0.717) is 0 Å². The number of rotatable bonds is 5. The third-order valence-electron chi connectivity index (χ3n) is 5.12. The number of hydrogen-bond donors (Lipinski definition) is 0. The molecule has 3 heteroatoms. The molecule has 0 aliphatic heterocycles. The van der Waals surface area contributed by atoms with Crippen LogP contribution in [0.25, 0.3) is 0 Å². The van der Waals surface area contributed by atoms with E-state index < -0.39 is 7.26 Å². The highest BCUT2D eigenvalue weighted by Crippen LogP contribution is 2.66. The first-order valence-electron chi connectivity index (χ1n) is 9.37. The van der Waals surface area contributed by atoms with Crippen molar-refractivity contribution in [1.29, 1.82) is 5.26 Å². The fourth-order valence-corrected chi connectivity index (χ4v) is 8.41. The lowest BCUT2D eigenvalue weighted by Gasteiger charge is -2.31. The van der Waals surface area contributed by atoms with Gasteiger partial charge in [-0.1, -0.05) is 84.9 Å². The zero-order valence-electron chi connectivity index (χ0n) is 15.9. The van der Waals surface area contributed by atoms with E-state index in [2.05, 4.69) is 91.0 Å². The molecule has 4 aromatic rings. The monoisotopic (exact) mass is 457 g/mol. The molecular weight excluding hydrogens is 437 g/mol. The summed E-state index contributed by atoms with van der Waals surface area (Å²) in [5, 5.41) is 14.2. The van der Waals surface area contributed by atoms with Crippen LogP contribution in [-0.4, -0.2) is 0 Å². The van der Waals surface area contributed by atoms with Gasteiger partial charge in [0.05, 0.1) is 0 Å². The van der Waals surface area contributed by atoms with Gasteiger partial charge in [0, 0.05) is 5.56 Å². The highest BCUT2D eigenvalue weighted by Gasteiger charge is 2.53. The molecule has 29 heavy (non-hydrogen) atoms. The normalized spacial score (nSPS) is 11.7.